The van der Waals surface area contributed by atoms with Crippen molar-refractivity contribution in [2.45, 2.75) is 19.8 Å². The number of benzene rings is 1. The molecule has 0 saturated carbocycles. The molecule has 168 valence electrons. The van der Waals surface area contributed by atoms with E-state index < -0.39 is 0 Å². The van der Waals surface area contributed by atoms with Gasteiger partial charge in [0.05, 0.1) is 19.2 Å². The molecule has 1 saturated heterocycles. The molecule has 3 aromatic heterocycles. The first-order chi connectivity index (χ1) is 16.0. The van der Waals surface area contributed by atoms with Gasteiger partial charge in [-0.25, -0.2) is 9.78 Å². The first-order valence-electron chi connectivity index (χ1n) is 10.5. The Morgan fingerprint density at radius 1 is 1.18 bits per heavy atom. The van der Waals surface area contributed by atoms with Gasteiger partial charge in [-0.1, -0.05) is 23.4 Å². The zero-order valence-electron chi connectivity index (χ0n) is 18.4. The lowest BCUT2D eigenvalue weighted by molar-refractivity contribution is 0.0804. The summed E-state index contributed by atoms with van der Waals surface area (Å²) in [5.74, 6) is 0.624. The lowest BCUT2D eigenvalue weighted by Crippen LogP contribution is -2.48. The van der Waals surface area contributed by atoms with Gasteiger partial charge in [-0.2, -0.15) is 4.98 Å². The molecule has 1 fully saturated rings. The lowest BCUT2D eigenvalue weighted by atomic mass is 10.0. The number of nitrogens with one attached hydrogen (secondary N) is 1. The van der Waals surface area contributed by atoms with Gasteiger partial charge in [0.2, 0.25) is 11.7 Å². The van der Waals surface area contributed by atoms with Crippen molar-refractivity contribution in [3.8, 4) is 11.4 Å². The molecule has 5 rings (SSSR count). The molecule has 0 bridgehead atoms. The summed E-state index contributed by atoms with van der Waals surface area (Å²) in [5, 5.41) is 7.15. The molecule has 0 spiro atoms. The van der Waals surface area contributed by atoms with Crippen LogP contribution in [-0.2, 0) is 4.74 Å². The highest BCUT2D eigenvalue weighted by Gasteiger charge is 2.36. The predicted octanol–water partition coefficient (Wildman–Crippen LogP) is 3.42. The maximum atomic E-state index is 13.0. The number of aromatic nitrogens is 4. The molecule has 1 aliphatic heterocycles. The number of carbonyl (C=O) groups excluding carboxylic acids is 2. The second kappa shape index (κ2) is 8.05. The Balaban J connectivity index is 1.39. The smallest absolute Gasteiger partial charge is 0.409 e. The fourth-order valence-corrected chi connectivity index (χ4v) is 3.98. The molecule has 0 radical (unpaired) electrons. The molecule has 10 heteroatoms. The average Bonchev–Trinajstić information content (AvgIpc) is 3.43. The molecule has 0 atom stereocenters. The fourth-order valence-electron chi connectivity index (χ4n) is 3.98. The maximum Gasteiger partial charge on any atom is 0.409 e. The van der Waals surface area contributed by atoms with Crippen molar-refractivity contribution in [3.63, 3.8) is 0 Å². The van der Waals surface area contributed by atoms with Crippen molar-refractivity contribution in [1.29, 1.82) is 0 Å². The first-order valence-corrected chi connectivity index (χ1v) is 10.5. The topological polar surface area (TPSA) is 115 Å². The number of likely N-dealkylation sites (tertiary alicyclic amines) is 1. The van der Waals surface area contributed by atoms with Crippen LogP contribution in [0.5, 0.6) is 0 Å². The Hall–Kier alpha value is -4.21. The summed E-state index contributed by atoms with van der Waals surface area (Å²) in [6, 6.07) is 9.38. The van der Waals surface area contributed by atoms with Crippen LogP contribution in [0.1, 0.15) is 33.4 Å². The highest BCUT2D eigenvalue weighted by molar-refractivity contribution is 6.04. The van der Waals surface area contributed by atoms with Crippen LogP contribution in [0.15, 0.2) is 47.2 Å². The number of ether oxygens (including phenoxy) is 1. The molecule has 0 aliphatic carbocycles. The second-order valence-corrected chi connectivity index (χ2v) is 7.98. The molecule has 10 nitrogen and oxygen atoms in total. The number of imidazole rings is 1. The summed E-state index contributed by atoms with van der Waals surface area (Å²) >= 11 is 0. The quantitative estimate of drug-likeness (QED) is 0.511. The van der Waals surface area contributed by atoms with E-state index in [2.05, 4.69) is 20.4 Å². The van der Waals surface area contributed by atoms with Crippen LogP contribution < -0.4 is 5.32 Å². The van der Waals surface area contributed by atoms with Gasteiger partial charge in [0.1, 0.15) is 11.3 Å². The molecule has 1 N–H and O–H groups in total. The van der Waals surface area contributed by atoms with Crippen molar-refractivity contribution in [1.82, 2.24) is 24.4 Å². The number of hydrogen-bond acceptors (Lipinski definition) is 7. The van der Waals surface area contributed by atoms with Crippen LogP contribution in [0.4, 0.5) is 10.5 Å². The summed E-state index contributed by atoms with van der Waals surface area (Å²) in [4.78, 5) is 35.0. The van der Waals surface area contributed by atoms with Crippen molar-refractivity contribution >= 4 is 23.3 Å². The van der Waals surface area contributed by atoms with Crippen molar-refractivity contribution in [3.05, 3.63) is 65.4 Å². The zero-order valence-corrected chi connectivity index (χ0v) is 18.4. The number of aryl methyl sites for hydroxylation is 1. The number of amides is 2. The van der Waals surface area contributed by atoms with E-state index in [4.69, 9.17) is 9.26 Å². The van der Waals surface area contributed by atoms with Gasteiger partial charge in [-0.05, 0) is 37.1 Å². The number of hydrogen-bond donors (Lipinski definition) is 1. The normalized spacial score (nSPS) is 13.7. The van der Waals surface area contributed by atoms with Crippen LogP contribution in [0.3, 0.4) is 0 Å². The number of methoxy groups -OCH3 is 1. The maximum absolute atomic E-state index is 13.0. The van der Waals surface area contributed by atoms with Gasteiger partial charge in [0.25, 0.3) is 5.91 Å². The highest BCUT2D eigenvalue weighted by atomic mass is 16.5. The first kappa shape index (κ1) is 20.7. The van der Waals surface area contributed by atoms with E-state index in [1.54, 1.807) is 21.7 Å². The molecule has 1 aliphatic rings. The minimum atomic E-state index is -0.369. The number of pyridine rings is 1. The molecule has 2 amide bonds. The second-order valence-electron chi connectivity index (χ2n) is 7.98. The molecule has 0 unspecified atom stereocenters. The Morgan fingerprint density at radius 3 is 2.79 bits per heavy atom. The van der Waals surface area contributed by atoms with E-state index in [1.165, 1.54) is 7.11 Å². The van der Waals surface area contributed by atoms with Crippen molar-refractivity contribution in [2.75, 3.05) is 25.5 Å². The zero-order chi connectivity index (χ0) is 23.1. The van der Waals surface area contributed by atoms with E-state index in [0.29, 0.717) is 41.8 Å². The fraction of sp³-hybridized carbons (Fsp3) is 0.261. The van der Waals surface area contributed by atoms with Crippen LogP contribution in [0, 0.1) is 13.8 Å². The SMILES string of the molecule is COC(=O)N1CC(c2nc(-c3ccc(C)c(NC(=O)c4cnc5ccccn45)c3C)no2)C1. The van der Waals surface area contributed by atoms with E-state index in [9.17, 15) is 9.59 Å². The van der Waals surface area contributed by atoms with Crippen LogP contribution >= 0.6 is 0 Å². The summed E-state index contributed by atoms with van der Waals surface area (Å²) < 4.78 is 11.9. The van der Waals surface area contributed by atoms with Crippen LogP contribution in [-0.4, -0.2) is 56.6 Å². The Kier molecular flexibility index (Phi) is 5.04. The lowest BCUT2D eigenvalue weighted by Gasteiger charge is -2.35. The molecule has 4 heterocycles. The standard InChI is InChI=1S/C23H22N6O4/c1-13-7-8-16(20-26-22(33-27-20)15-11-28(12-15)23(31)32-3)14(2)19(13)25-21(30)17-10-24-18-6-4-5-9-29(17)18/h4-10,15H,11-12H2,1-3H3,(H,25,30). The Labute approximate surface area is 189 Å². The van der Waals surface area contributed by atoms with Gasteiger partial charge < -0.3 is 19.5 Å². The molecule has 33 heavy (non-hydrogen) atoms. The summed E-state index contributed by atoms with van der Waals surface area (Å²) in [7, 11) is 1.35. The van der Waals surface area contributed by atoms with Crippen LogP contribution in [0.25, 0.3) is 17.0 Å². The average molecular weight is 446 g/mol. The van der Waals surface area contributed by atoms with E-state index in [-0.39, 0.29) is 17.9 Å². The molecule has 4 aromatic rings. The highest BCUT2D eigenvalue weighted by Crippen LogP contribution is 2.32. The monoisotopic (exact) mass is 446 g/mol. The summed E-state index contributed by atoms with van der Waals surface area (Å²) in [5.41, 5.74) is 4.33. The Morgan fingerprint density at radius 2 is 2.00 bits per heavy atom. The molecular weight excluding hydrogens is 424 g/mol. The predicted molar refractivity (Wildman–Crippen MR) is 119 cm³/mol. The number of fused-ring (bicyclic) bond motifs is 1. The largest absolute Gasteiger partial charge is 0.453 e. The van der Waals surface area contributed by atoms with Gasteiger partial charge in [0, 0.05) is 30.5 Å². The van der Waals surface area contributed by atoms with Gasteiger partial charge in [-0.15, -0.1) is 0 Å². The minimum Gasteiger partial charge on any atom is -0.453 e. The summed E-state index contributed by atoms with van der Waals surface area (Å²) in [6.45, 7) is 4.78. The third-order valence-corrected chi connectivity index (χ3v) is 5.91. The van der Waals surface area contributed by atoms with Gasteiger partial charge in [-0.3, -0.25) is 9.20 Å². The van der Waals surface area contributed by atoms with Gasteiger partial charge in [0.15, 0.2) is 0 Å². The molecular formula is C23H22N6O4. The Bertz CT molecular complexity index is 1370. The van der Waals surface area contributed by atoms with Crippen LogP contribution in [0.2, 0.25) is 0 Å². The third kappa shape index (κ3) is 3.59. The van der Waals surface area contributed by atoms with Crippen molar-refractivity contribution < 1.29 is 18.8 Å². The number of anilines is 1. The van der Waals surface area contributed by atoms with E-state index >= 15 is 0 Å². The minimum absolute atomic E-state index is 0.0228. The van der Waals surface area contributed by atoms with Gasteiger partial charge >= 0.3 is 6.09 Å². The van der Waals surface area contributed by atoms with Crippen molar-refractivity contribution in [2.24, 2.45) is 0 Å². The number of rotatable bonds is 4. The summed E-state index contributed by atoms with van der Waals surface area (Å²) in [6.07, 6.45) is 2.99. The van der Waals surface area contributed by atoms with E-state index in [0.717, 1.165) is 16.7 Å². The number of nitrogens with zero attached hydrogens (tertiary/aromatic N) is 5. The molecule has 1 aromatic carbocycles. The number of carbonyl (C=O) groups is 2. The van der Waals surface area contributed by atoms with E-state index in [1.807, 2.05) is 44.2 Å². The third-order valence-electron chi connectivity index (χ3n) is 5.91.